The summed E-state index contributed by atoms with van der Waals surface area (Å²) in [6, 6.07) is 2.77. The molecule has 0 amide bonds. The van der Waals surface area contributed by atoms with Gasteiger partial charge >= 0.3 is 5.97 Å². The summed E-state index contributed by atoms with van der Waals surface area (Å²) in [5.41, 5.74) is 0.803. The average molecular weight is 244 g/mol. The Bertz CT molecular complexity index is 445. The van der Waals surface area contributed by atoms with E-state index in [0.29, 0.717) is 16.1 Å². The first-order valence-corrected chi connectivity index (χ1v) is 4.83. The molecule has 0 saturated carbocycles. The van der Waals surface area contributed by atoms with Gasteiger partial charge in [0.25, 0.3) is 5.69 Å². The third-order valence-corrected chi connectivity index (χ3v) is 2.48. The fourth-order valence-corrected chi connectivity index (χ4v) is 1.55. The molecule has 0 aromatic heterocycles. The zero-order valence-corrected chi connectivity index (χ0v) is 9.58. The molecule has 1 rings (SSSR count). The summed E-state index contributed by atoms with van der Waals surface area (Å²) in [4.78, 5) is 21.2. The monoisotopic (exact) mass is 243 g/mol. The summed E-state index contributed by atoms with van der Waals surface area (Å²) in [5, 5.41) is 11.0. The number of nitro groups is 1. The van der Waals surface area contributed by atoms with E-state index in [4.69, 9.17) is 11.6 Å². The van der Waals surface area contributed by atoms with Crippen LogP contribution in [-0.4, -0.2) is 18.0 Å². The van der Waals surface area contributed by atoms with Crippen LogP contribution in [0.25, 0.3) is 0 Å². The maximum atomic E-state index is 11.0. The fraction of sp³-hybridized carbons (Fsp3) is 0.300. The van der Waals surface area contributed by atoms with Gasteiger partial charge in [-0.3, -0.25) is 14.9 Å². The minimum Gasteiger partial charge on any atom is -0.469 e. The second-order valence-corrected chi connectivity index (χ2v) is 3.65. The van der Waals surface area contributed by atoms with Gasteiger partial charge in [-0.15, -0.1) is 0 Å². The zero-order valence-electron chi connectivity index (χ0n) is 8.82. The minimum atomic E-state index is -0.507. The number of nitro benzene ring substituents is 1. The predicted octanol–water partition coefficient (Wildman–Crippen LogP) is 2.27. The third kappa shape index (κ3) is 2.70. The fourth-order valence-electron chi connectivity index (χ4n) is 1.26. The predicted molar refractivity (Wildman–Crippen MR) is 58.6 cm³/mol. The number of nitrogens with zero attached hydrogens (tertiary/aromatic N) is 1. The van der Waals surface area contributed by atoms with Crippen molar-refractivity contribution in [3.63, 3.8) is 0 Å². The first-order chi connectivity index (χ1) is 7.45. The van der Waals surface area contributed by atoms with E-state index in [1.54, 1.807) is 6.92 Å². The lowest BCUT2D eigenvalue weighted by molar-refractivity contribution is -0.385. The average Bonchev–Trinajstić information content (AvgIpc) is 2.21. The Morgan fingerprint density at radius 2 is 2.19 bits per heavy atom. The smallest absolute Gasteiger partial charge is 0.310 e. The third-order valence-electron chi connectivity index (χ3n) is 2.12. The van der Waals surface area contributed by atoms with Gasteiger partial charge in [-0.05, 0) is 18.6 Å². The molecule has 0 atom stereocenters. The number of hydrogen-bond acceptors (Lipinski definition) is 4. The molecule has 0 bridgehead atoms. The maximum absolute atomic E-state index is 11.0. The highest BCUT2D eigenvalue weighted by molar-refractivity contribution is 6.31. The molecular formula is C10H10ClNO4. The molecule has 0 unspecified atom stereocenters. The van der Waals surface area contributed by atoms with Crippen molar-refractivity contribution >= 4 is 23.3 Å². The minimum absolute atomic E-state index is 0.0525. The molecule has 6 heteroatoms. The van der Waals surface area contributed by atoms with Crippen LogP contribution in [0.5, 0.6) is 0 Å². The highest BCUT2D eigenvalue weighted by Crippen LogP contribution is 2.26. The number of methoxy groups -OCH3 is 1. The Balaban J connectivity index is 3.14. The Labute approximate surface area is 97.1 Å². The van der Waals surface area contributed by atoms with Crippen molar-refractivity contribution in [3.05, 3.63) is 38.4 Å². The van der Waals surface area contributed by atoms with Crippen LogP contribution in [-0.2, 0) is 16.0 Å². The van der Waals surface area contributed by atoms with Gasteiger partial charge in [-0.1, -0.05) is 11.6 Å². The molecule has 0 heterocycles. The molecule has 0 fully saturated rings. The van der Waals surface area contributed by atoms with E-state index in [1.165, 1.54) is 19.2 Å². The van der Waals surface area contributed by atoms with Gasteiger partial charge in [0.2, 0.25) is 0 Å². The van der Waals surface area contributed by atoms with Crippen molar-refractivity contribution < 1.29 is 14.5 Å². The molecule has 0 aliphatic rings. The van der Waals surface area contributed by atoms with Crippen LogP contribution >= 0.6 is 11.6 Å². The molecule has 1 aromatic rings. The summed E-state index contributed by atoms with van der Waals surface area (Å²) < 4.78 is 4.47. The largest absolute Gasteiger partial charge is 0.469 e. The number of halogens is 1. The molecule has 86 valence electrons. The van der Waals surface area contributed by atoms with E-state index in [1.807, 2.05) is 0 Å². The van der Waals surface area contributed by atoms with Gasteiger partial charge in [-0.2, -0.15) is 0 Å². The molecule has 0 spiro atoms. The topological polar surface area (TPSA) is 69.4 Å². The van der Waals surface area contributed by atoms with E-state index >= 15 is 0 Å². The molecule has 1 aromatic carbocycles. The second kappa shape index (κ2) is 4.94. The van der Waals surface area contributed by atoms with Crippen LogP contribution in [0.15, 0.2) is 12.1 Å². The van der Waals surface area contributed by atoms with E-state index in [-0.39, 0.29) is 12.1 Å². The molecule has 0 saturated heterocycles. The van der Waals surface area contributed by atoms with Crippen molar-refractivity contribution in [2.45, 2.75) is 13.3 Å². The summed E-state index contributed by atoms with van der Waals surface area (Å²) in [6.45, 7) is 1.59. The van der Waals surface area contributed by atoms with Gasteiger partial charge in [0, 0.05) is 16.7 Å². The van der Waals surface area contributed by atoms with Crippen LogP contribution in [0.3, 0.4) is 0 Å². The van der Waals surface area contributed by atoms with Gasteiger partial charge in [-0.25, -0.2) is 0 Å². The number of hydrogen-bond donors (Lipinski definition) is 0. The van der Waals surface area contributed by atoms with Crippen LogP contribution in [0.1, 0.15) is 11.1 Å². The number of esters is 1. The number of ether oxygens (including phenoxy) is 1. The standard InChI is InChI=1S/C10H10ClNO4/c1-6-3-8(11)7(5-10(13)16-2)4-9(6)12(14)15/h3-4H,5H2,1-2H3. The van der Waals surface area contributed by atoms with Crippen LogP contribution in [0.4, 0.5) is 5.69 Å². The first-order valence-electron chi connectivity index (χ1n) is 4.46. The lowest BCUT2D eigenvalue weighted by atomic mass is 10.1. The van der Waals surface area contributed by atoms with Crippen molar-refractivity contribution in [2.24, 2.45) is 0 Å². The van der Waals surface area contributed by atoms with Crippen molar-refractivity contribution in [2.75, 3.05) is 7.11 Å². The molecule has 0 aliphatic heterocycles. The lowest BCUT2D eigenvalue weighted by Crippen LogP contribution is -2.06. The Hall–Kier alpha value is -1.62. The summed E-state index contributed by atoms with van der Waals surface area (Å²) in [7, 11) is 1.25. The quantitative estimate of drug-likeness (QED) is 0.464. The molecule has 0 N–H and O–H groups in total. The van der Waals surface area contributed by atoms with Crippen molar-refractivity contribution in [1.29, 1.82) is 0 Å². The maximum Gasteiger partial charge on any atom is 0.310 e. The number of rotatable bonds is 3. The normalized spacial score (nSPS) is 9.94. The SMILES string of the molecule is COC(=O)Cc1cc([N+](=O)[O-])c(C)cc1Cl. The summed E-state index contributed by atoms with van der Waals surface area (Å²) in [6.07, 6.45) is -0.0730. The van der Waals surface area contributed by atoms with E-state index in [0.717, 1.165) is 0 Å². The molecule has 16 heavy (non-hydrogen) atoms. The summed E-state index contributed by atoms with van der Waals surface area (Å²) in [5.74, 6) is -0.486. The zero-order chi connectivity index (χ0) is 12.3. The number of carbonyl (C=O) groups is 1. The lowest BCUT2D eigenvalue weighted by Gasteiger charge is -2.05. The first kappa shape index (κ1) is 12.4. The number of aryl methyl sites for hydroxylation is 1. The Kier molecular flexibility index (Phi) is 3.84. The van der Waals surface area contributed by atoms with E-state index in [2.05, 4.69) is 4.74 Å². The number of benzene rings is 1. The second-order valence-electron chi connectivity index (χ2n) is 3.24. The molecular weight excluding hydrogens is 234 g/mol. The van der Waals surface area contributed by atoms with E-state index < -0.39 is 10.9 Å². The van der Waals surface area contributed by atoms with Gasteiger partial charge in [0.05, 0.1) is 18.5 Å². The Morgan fingerprint density at radius 3 is 2.69 bits per heavy atom. The van der Waals surface area contributed by atoms with Crippen LogP contribution < -0.4 is 0 Å². The highest BCUT2D eigenvalue weighted by atomic mass is 35.5. The van der Waals surface area contributed by atoms with Gasteiger partial charge in [0.1, 0.15) is 0 Å². The van der Waals surface area contributed by atoms with Crippen LogP contribution in [0.2, 0.25) is 5.02 Å². The molecule has 5 nitrogen and oxygen atoms in total. The van der Waals surface area contributed by atoms with Gasteiger partial charge < -0.3 is 4.74 Å². The van der Waals surface area contributed by atoms with Crippen molar-refractivity contribution in [3.8, 4) is 0 Å². The summed E-state index contributed by atoms with van der Waals surface area (Å²) >= 11 is 5.88. The molecule has 0 radical (unpaired) electrons. The van der Waals surface area contributed by atoms with E-state index in [9.17, 15) is 14.9 Å². The van der Waals surface area contributed by atoms with Crippen LogP contribution in [0, 0.1) is 17.0 Å². The Morgan fingerprint density at radius 1 is 1.56 bits per heavy atom. The van der Waals surface area contributed by atoms with Gasteiger partial charge in [0.15, 0.2) is 0 Å². The highest BCUT2D eigenvalue weighted by Gasteiger charge is 2.16. The number of carbonyl (C=O) groups excluding carboxylic acids is 1. The van der Waals surface area contributed by atoms with Crippen molar-refractivity contribution in [1.82, 2.24) is 0 Å². The molecule has 0 aliphatic carbocycles.